The maximum Gasteiger partial charge on any atom is 0.247 e. The Morgan fingerprint density at radius 1 is 1.03 bits per heavy atom. The van der Waals surface area contributed by atoms with Crippen LogP contribution in [-0.4, -0.2) is 23.8 Å². The fraction of sp³-hybridized carbons (Fsp3) is 0.214. The van der Waals surface area contributed by atoms with Crippen molar-refractivity contribution in [2.45, 2.75) is 32.5 Å². The Morgan fingerprint density at radius 2 is 1.80 bits per heavy atom. The molecule has 0 aliphatic carbocycles. The first-order valence-corrected chi connectivity index (χ1v) is 12.2. The minimum atomic E-state index is -0.814. The highest BCUT2D eigenvalue weighted by molar-refractivity contribution is 7.10. The topological polar surface area (TPSA) is 71.8 Å². The monoisotopic (exact) mass is 488 g/mol. The Balaban J connectivity index is 1.63. The van der Waals surface area contributed by atoms with Gasteiger partial charge in [0.15, 0.2) is 0 Å². The van der Waals surface area contributed by atoms with Crippen LogP contribution in [0.5, 0.6) is 5.75 Å². The van der Waals surface area contributed by atoms with Gasteiger partial charge >= 0.3 is 0 Å². The largest absolute Gasteiger partial charge is 0.497 e. The van der Waals surface area contributed by atoms with Gasteiger partial charge in [-0.15, -0.1) is 11.3 Å². The summed E-state index contributed by atoms with van der Waals surface area (Å²) in [5, 5.41) is 4.96. The molecule has 0 aliphatic rings. The van der Waals surface area contributed by atoms with Crippen molar-refractivity contribution < 1.29 is 18.7 Å². The van der Waals surface area contributed by atoms with Crippen LogP contribution in [0.25, 0.3) is 0 Å². The SMILES string of the molecule is COc1ccc(CNC(=O)C(c2ccc(C)cc2)N(Cc2ccco2)C(=O)Cc2cccs2)cc1. The normalized spacial score (nSPS) is 11.6. The van der Waals surface area contributed by atoms with Crippen molar-refractivity contribution in [1.29, 1.82) is 0 Å². The van der Waals surface area contributed by atoms with Gasteiger partial charge in [0.25, 0.3) is 0 Å². The smallest absolute Gasteiger partial charge is 0.247 e. The van der Waals surface area contributed by atoms with E-state index in [-0.39, 0.29) is 24.8 Å². The van der Waals surface area contributed by atoms with Crippen molar-refractivity contribution in [3.8, 4) is 5.75 Å². The van der Waals surface area contributed by atoms with Crippen LogP contribution in [0.2, 0.25) is 0 Å². The van der Waals surface area contributed by atoms with Crippen LogP contribution in [0, 0.1) is 6.92 Å². The molecule has 2 amide bonds. The van der Waals surface area contributed by atoms with Crippen molar-refractivity contribution in [1.82, 2.24) is 10.2 Å². The second kappa shape index (κ2) is 11.5. The highest BCUT2D eigenvalue weighted by Gasteiger charge is 2.32. The zero-order valence-electron chi connectivity index (χ0n) is 19.8. The van der Waals surface area contributed by atoms with Gasteiger partial charge in [-0.25, -0.2) is 0 Å². The molecule has 0 aliphatic heterocycles. The lowest BCUT2D eigenvalue weighted by atomic mass is 10.0. The number of methoxy groups -OCH3 is 1. The van der Waals surface area contributed by atoms with Gasteiger partial charge in [-0.3, -0.25) is 9.59 Å². The second-order valence-corrected chi connectivity index (χ2v) is 9.27. The Bertz CT molecular complexity index is 1220. The second-order valence-electron chi connectivity index (χ2n) is 8.24. The predicted molar refractivity (Wildman–Crippen MR) is 136 cm³/mol. The number of hydrogen-bond donors (Lipinski definition) is 1. The fourth-order valence-electron chi connectivity index (χ4n) is 3.81. The number of amides is 2. The lowest BCUT2D eigenvalue weighted by molar-refractivity contribution is -0.141. The van der Waals surface area contributed by atoms with E-state index in [1.807, 2.05) is 79.0 Å². The number of thiophene rings is 1. The molecule has 180 valence electrons. The molecule has 1 unspecified atom stereocenters. The molecule has 0 bridgehead atoms. The van der Waals surface area contributed by atoms with Gasteiger partial charge in [0.05, 0.1) is 26.3 Å². The molecule has 4 aromatic rings. The van der Waals surface area contributed by atoms with Crippen molar-refractivity contribution >= 4 is 23.2 Å². The number of hydrogen-bond acceptors (Lipinski definition) is 5. The van der Waals surface area contributed by atoms with Gasteiger partial charge in [0.1, 0.15) is 17.6 Å². The summed E-state index contributed by atoms with van der Waals surface area (Å²) in [7, 11) is 1.61. The third-order valence-electron chi connectivity index (χ3n) is 5.71. The molecule has 0 saturated carbocycles. The maximum absolute atomic E-state index is 13.6. The highest BCUT2D eigenvalue weighted by Crippen LogP contribution is 2.26. The van der Waals surface area contributed by atoms with E-state index in [0.29, 0.717) is 12.3 Å². The molecule has 1 atom stereocenters. The molecule has 35 heavy (non-hydrogen) atoms. The summed E-state index contributed by atoms with van der Waals surface area (Å²) < 4.78 is 10.8. The number of benzene rings is 2. The average Bonchev–Trinajstić information content (AvgIpc) is 3.58. The van der Waals surface area contributed by atoms with E-state index >= 15 is 0 Å². The summed E-state index contributed by atoms with van der Waals surface area (Å²) in [6.45, 7) is 2.51. The fourth-order valence-corrected chi connectivity index (χ4v) is 4.50. The summed E-state index contributed by atoms with van der Waals surface area (Å²) in [5.41, 5.74) is 2.76. The van der Waals surface area contributed by atoms with Crippen LogP contribution in [-0.2, 0) is 29.1 Å². The number of carbonyl (C=O) groups excluding carboxylic acids is 2. The molecule has 2 aromatic heterocycles. The van der Waals surface area contributed by atoms with Gasteiger partial charge in [-0.2, -0.15) is 0 Å². The zero-order chi connectivity index (χ0) is 24.6. The van der Waals surface area contributed by atoms with E-state index in [4.69, 9.17) is 9.15 Å². The van der Waals surface area contributed by atoms with Gasteiger partial charge in [0, 0.05) is 11.4 Å². The zero-order valence-corrected chi connectivity index (χ0v) is 20.6. The molecule has 1 N–H and O–H groups in total. The Labute approximate surface area is 209 Å². The van der Waals surface area contributed by atoms with E-state index in [1.165, 1.54) is 11.3 Å². The first-order valence-electron chi connectivity index (χ1n) is 11.3. The number of furan rings is 1. The molecule has 4 rings (SSSR count). The van der Waals surface area contributed by atoms with E-state index in [2.05, 4.69) is 5.32 Å². The third-order valence-corrected chi connectivity index (χ3v) is 6.59. The van der Waals surface area contributed by atoms with Crippen LogP contribution in [0.4, 0.5) is 0 Å². The molecule has 0 saturated heterocycles. The maximum atomic E-state index is 13.6. The van der Waals surface area contributed by atoms with Crippen molar-refractivity contribution in [2.75, 3.05) is 7.11 Å². The number of nitrogens with one attached hydrogen (secondary N) is 1. The standard InChI is InChI=1S/C28H28N2O4S/c1-20-7-11-22(12-8-20)27(28(32)29-18-21-9-13-23(33-2)14-10-21)30(19-24-5-3-15-34-24)26(31)17-25-6-4-16-35-25/h3-16,27H,17-19H2,1-2H3,(H,29,32). The van der Waals surface area contributed by atoms with Crippen molar-refractivity contribution in [3.05, 3.63) is 112 Å². The summed E-state index contributed by atoms with van der Waals surface area (Å²) >= 11 is 1.52. The number of rotatable bonds is 10. The number of ether oxygens (including phenoxy) is 1. The minimum Gasteiger partial charge on any atom is -0.497 e. The molecule has 2 aromatic carbocycles. The quantitative estimate of drug-likeness (QED) is 0.329. The Morgan fingerprint density at radius 3 is 2.43 bits per heavy atom. The van der Waals surface area contributed by atoms with Gasteiger partial charge < -0.3 is 19.4 Å². The summed E-state index contributed by atoms with van der Waals surface area (Å²) in [5.74, 6) is 0.968. The van der Waals surface area contributed by atoms with E-state index in [1.54, 1.807) is 24.3 Å². The summed E-state index contributed by atoms with van der Waals surface area (Å²) in [6.07, 6.45) is 1.79. The van der Waals surface area contributed by atoms with E-state index < -0.39 is 6.04 Å². The molecule has 6 nitrogen and oxygen atoms in total. The van der Waals surface area contributed by atoms with Crippen LogP contribution < -0.4 is 10.1 Å². The molecule has 0 fully saturated rings. The third kappa shape index (κ3) is 6.39. The molecule has 0 radical (unpaired) electrons. The van der Waals surface area contributed by atoms with Crippen LogP contribution >= 0.6 is 11.3 Å². The molecule has 0 spiro atoms. The van der Waals surface area contributed by atoms with E-state index in [9.17, 15) is 9.59 Å². The van der Waals surface area contributed by atoms with Crippen LogP contribution in [0.15, 0.2) is 88.9 Å². The van der Waals surface area contributed by atoms with E-state index in [0.717, 1.165) is 27.3 Å². The lowest BCUT2D eigenvalue weighted by Gasteiger charge is -2.31. The first-order chi connectivity index (χ1) is 17.0. The molecular weight excluding hydrogens is 460 g/mol. The predicted octanol–water partition coefficient (Wildman–Crippen LogP) is 5.29. The van der Waals surface area contributed by atoms with Gasteiger partial charge in [0.2, 0.25) is 11.8 Å². The first kappa shape index (κ1) is 24.3. The Hall–Kier alpha value is -3.84. The number of nitrogens with zero attached hydrogens (tertiary/aromatic N) is 1. The molecular formula is C28H28N2O4S. The number of carbonyl (C=O) groups is 2. The van der Waals surface area contributed by atoms with Gasteiger partial charge in [-0.1, -0.05) is 48.0 Å². The minimum absolute atomic E-state index is 0.144. The van der Waals surface area contributed by atoms with Gasteiger partial charge in [-0.05, 0) is 53.8 Å². The summed E-state index contributed by atoms with van der Waals surface area (Å²) in [6, 6.07) is 21.9. The van der Waals surface area contributed by atoms with Crippen molar-refractivity contribution in [3.63, 3.8) is 0 Å². The Kier molecular flexibility index (Phi) is 8.00. The molecule has 7 heteroatoms. The van der Waals surface area contributed by atoms with Crippen molar-refractivity contribution in [2.24, 2.45) is 0 Å². The summed E-state index contributed by atoms with van der Waals surface area (Å²) in [4.78, 5) is 29.8. The molecule has 2 heterocycles. The number of aryl methyl sites for hydroxylation is 1. The average molecular weight is 489 g/mol. The van der Waals surface area contributed by atoms with Crippen LogP contribution in [0.3, 0.4) is 0 Å². The van der Waals surface area contributed by atoms with Crippen LogP contribution in [0.1, 0.15) is 33.4 Å². The highest BCUT2D eigenvalue weighted by atomic mass is 32.1. The lowest BCUT2D eigenvalue weighted by Crippen LogP contribution is -2.43.